The second kappa shape index (κ2) is 12.3. The van der Waals surface area contributed by atoms with Crippen molar-refractivity contribution < 1.29 is 14.3 Å². The summed E-state index contributed by atoms with van der Waals surface area (Å²) in [7, 11) is 0. The van der Waals surface area contributed by atoms with Gasteiger partial charge < -0.3 is 21.5 Å². The van der Waals surface area contributed by atoms with E-state index in [1.165, 1.54) is 37.6 Å². The van der Waals surface area contributed by atoms with Crippen LogP contribution in [0.15, 0.2) is 24.4 Å². The third kappa shape index (κ3) is 6.87. The molecule has 4 rings (SSSR count). The van der Waals surface area contributed by atoms with E-state index in [0.717, 1.165) is 12.0 Å². The van der Waals surface area contributed by atoms with Crippen molar-refractivity contribution in [2.75, 3.05) is 22.9 Å². The van der Waals surface area contributed by atoms with Crippen LogP contribution >= 0.6 is 0 Å². The summed E-state index contributed by atoms with van der Waals surface area (Å²) in [5, 5.41) is 23.8. The normalized spacial score (nSPS) is 19.9. The number of carbonyl (C=O) groups is 1. The van der Waals surface area contributed by atoms with Crippen molar-refractivity contribution in [2.24, 2.45) is 5.41 Å². The van der Waals surface area contributed by atoms with Crippen LogP contribution in [0.4, 0.5) is 21.8 Å². The minimum atomic E-state index is -0.385. The molecule has 1 amide bonds. The molecule has 5 N–H and O–H groups in total. The number of nitriles is 1. The van der Waals surface area contributed by atoms with Gasteiger partial charge in [-0.1, -0.05) is 46.6 Å². The monoisotopic (exact) mass is 470 g/mol. The summed E-state index contributed by atoms with van der Waals surface area (Å²) in [5.41, 5.74) is 7.30. The van der Waals surface area contributed by atoms with E-state index >= 15 is 0 Å². The fraction of sp³-hybridized carbons (Fsp3) is 0.520. The highest BCUT2D eigenvalue weighted by Gasteiger charge is 2.31. The maximum absolute atomic E-state index is 13.2. The number of carbonyl (C=O) groups excluding carboxylic acids is 1. The zero-order valence-electron chi connectivity index (χ0n) is 20.4. The molecule has 0 radical (unpaired) electrons. The Bertz CT molecular complexity index is 1020. The van der Waals surface area contributed by atoms with Gasteiger partial charge in [-0.15, -0.1) is 0 Å². The molecule has 2 aliphatic rings. The average molecular weight is 471 g/mol. The molecule has 1 saturated carbocycles. The topological polar surface area (TPSA) is 137 Å². The number of aliphatic hydroxyl groups excluding tert-OH is 1. The summed E-state index contributed by atoms with van der Waals surface area (Å²) >= 11 is 0. The highest BCUT2D eigenvalue weighted by atomic mass is 19.1. The van der Waals surface area contributed by atoms with Crippen LogP contribution in [-0.4, -0.2) is 33.6 Å². The molecule has 2 heterocycles. The first-order valence-corrected chi connectivity index (χ1v) is 11.8. The Kier molecular flexibility index (Phi) is 9.75. The van der Waals surface area contributed by atoms with Crippen molar-refractivity contribution >= 4 is 23.4 Å². The van der Waals surface area contributed by atoms with Crippen molar-refractivity contribution in [2.45, 2.75) is 71.8 Å². The summed E-state index contributed by atoms with van der Waals surface area (Å²) in [6, 6.07) is 6.15. The number of benzene rings is 1. The third-order valence-electron chi connectivity index (χ3n) is 6.07. The van der Waals surface area contributed by atoms with Gasteiger partial charge in [-0.25, -0.2) is 9.37 Å². The van der Waals surface area contributed by atoms with E-state index in [0.29, 0.717) is 24.6 Å². The number of amides is 1. The van der Waals surface area contributed by atoms with E-state index in [1.54, 1.807) is 6.07 Å². The Morgan fingerprint density at radius 1 is 1.35 bits per heavy atom. The number of aromatic nitrogens is 2. The standard InChI is InChI=1S/C15H13FN6O.C8H16O.C2H6/c16-9-1-2-10-11(14(23)21-12(10)5-9)3-4-19-15-20-7-8(6-17)13(18)22-15;1-8(2)6-4-3-5-7(8)9;1-2/h1-2,5,7,11H,3-4H2,(H,21,23)(H3,18,19,20,22);7,9H,3-6H2,1-2H3;1-2H3/t;7-;/m.1./s1. The van der Waals surface area contributed by atoms with Crippen LogP contribution in [0, 0.1) is 22.6 Å². The van der Waals surface area contributed by atoms with E-state index in [4.69, 9.17) is 11.0 Å². The molecular weight excluding hydrogens is 435 g/mol. The van der Waals surface area contributed by atoms with E-state index in [1.807, 2.05) is 19.9 Å². The Morgan fingerprint density at radius 3 is 2.68 bits per heavy atom. The maximum atomic E-state index is 13.2. The Hall–Kier alpha value is -3.25. The molecule has 8 nitrogen and oxygen atoms in total. The van der Waals surface area contributed by atoms with Crippen LogP contribution in [0.3, 0.4) is 0 Å². The van der Waals surface area contributed by atoms with E-state index in [-0.39, 0.29) is 40.5 Å². The van der Waals surface area contributed by atoms with Crippen molar-refractivity contribution in [1.82, 2.24) is 9.97 Å². The lowest BCUT2D eigenvalue weighted by atomic mass is 9.75. The van der Waals surface area contributed by atoms with Crippen molar-refractivity contribution in [3.63, 3.8) is 0 Å². The Balaban J connectivity index is 0.000000311. The number of anilines is 3. The fourth-order valence-electron chi connectivity index (χ4n) is 3.96. The highest BCUT2D eigenvalue weighted by Crippen LogP contribution is 2.35. The lowest BCUT2D eigenvalue weighted by molar-refractivity contribution is -0.117. The number of nitrogen functional groups attached to an aromatic ring is 1. The number of aliphatic hydroxyl groups is 1. The molecule has 1 aromatic carbocycles. The van der Waals surface area contributed by atoms with Gasteiger partial charge in [-0.2, -0.15) is 10.2 Å². The predicted octanol–water partition coefficient (Wildman–Crippen LogP) is 4.58. The van der Waals surface area contributed by atoms with E-state index < -0.39 is 0 Å². The van der Waals surface area contributed by atoms with Gasteiger partial charge in [0.05, 0.1) is 18.2 Å². The summed E-state index contributed by atoms with van der Waals surface area (Å²) in [4.78, 5) is 19.9. The van der Waals surface area contributed by atoms with Crippen LogP contribution in [0.2, 0.25) is 0 Å². The van der Waals surface area contributed by atoms with Gasteiger partial charge >= 0.3 is 0 Å². The molecule has 9 heteroatoms. The fourth-order valence-corrected chi connectivity index (χ4v) is 3.96. The highest BCUT2D eigenvalue weighted by molar-refractivity contribution is 6.02. The van der Waals surface area contributed by atoms with Gasteiger partial charge in [-0.05, 0) is 42.4 Å². The van der Waals surface area contributed by atoms with Crippen LogP contribution in [0.1, 0.15) is 76.8 Å². The number of fused-ring (bicyclic) bond motifs is 1. The number of hydrogen-bond donors (Lipinski definition) is 4. The molecule has 1 fully saturated rings. The minimum absolute atomic E-state index is 0.0498. The molecule has 1 aliphatic carbocycles. The number of nitrogens with two attached hydrogens (primary N) is 1. The lowest BCUT2D eigenvalue weighted by Crippen LogP contribution is -2.32. The summed E-state index contributed by atoms with van der Waals surface area (Å²) in [6.45, 7) is 8.73. The quantitative estimate of drug-likeness (QED) is 0.513. The van der Waals surface area contributed by atoms with Gasteiger partial charge in [0.25, 0.3) is 0 Å². The van der Waals surface area contributed by atoms with Crippen LogP contribution < -0.4 is 16.4 Å². The number of rotatable bonds is 4. The first-order valence-electron chi connectivity index (χ1n) is 11.8. The van der Waals surface area contributed by atoms with Gasteiger partial charge in [0.15, 0.2) is 0 Å². The summed E-state index contributed by atoms with van der Waals surface area (Å²) in [6.07, 6.45) is 6.49. The summed E-state index contributed by atoms with van der Waals surface area (Å²) < 4.78 is 13.2. The molecule has 0 saturated heterocycles. The molecule has 34 heavy (non-hydrogen) atoms. The molecule has 1 unspecified atom stereocenters. The second-order valence-electron chi connectivity index (χ2n) is 8.84. The second-order valence-corrected chi connectivity index (χ2v) is 8.84. The molecule has 2 aromatic rings. The number of hydrogen-bond acceptors (Lipinski definition) is 7. The van der Waals surface area contributed by atoms with Crippen LogP contribution in [0.5, 0.6) is 0 Å². The number of halogens is 1. The van der Waals surface area contributed by atoms with Crippen LogP contribution in [-0.2, 0) is 4.79 Å². The molecule has 0 spiro atoms. The van der Waals surface area contributed by atoms with Gasteiger partial charge in [0.1, 0.15) is 23.3 Å². The zero-order chi connectivity index (χ0) is 25.3. The third-order valence-corrected chi connectivity index (χ3v) is 6.07. The lowest BCUT2D eigenvalue weighted by Gasteiger charge is -2.34. The van der Waals surface area contributed by atoms with Gasteiger partial charge in [0.2, 0.25) is 11.9 Å². The number of nitrogens with one attached hydrogen (secondary N) is 2. The Morgan fingerprint density at radius 2 is 2.09 bits per heavy atom. The van der Waals surface area contributed by atoms with E-state index in [2.05, 4.69) is 34.4 Å². The summed E-state index contributed by atoms with van der Waals surface area (Å²) in [5.74, 6) is -0.505. The predicted molar refractivity (Wildman–Crippen MR) is 132 cm³/mol. The molecule has 0 bridgehead atoms. The molecule has 1 aliphatic heterocycles. The van der Waals surface area contributed by atoms with Gasteiger partial charge in [0, 0.05) is 12.2 Å². The molecular formula is C25H35FN6O2. The minimum Gasteiger partial charge on any atom is -0.393 e. The first kappa shape index (κ1) is 27.0. The Labute approximate surface area is 200 Å². The smallest absolute Gasteiger partial charge is 0.232 e. The van der Waals surface area contributed by atoms with Gasteiger partial charge in [-0.3, -0.25) is 4.79 Å². The van der Waals surface area contributed by atoms with Crippen molar-refractivity contribution in [3.05, 3.63) is 41.3 Å². The first-order chi connectivity index (χ1) is 16.2. The zero-order valence-corrected chi connectivity index (χ0v) is 20.4. The van der Waals surface area contributed by atoms with Crippen LogP contribution in [0.25, 0.3) is 0 Å². The van der Waals surface area contributed by atoms with Crippen molar-refractivity contribution in [1.29, 1.82) is 5.26 Å². The van der Waals surface area contributed by atoms with Crippen molar-refractivity contribution in [3.8, 4) is 6.07 Å². The van der Waals surface area contributed by atoms with E-state index in [9.17, 15) is 14.3 Å². The molecule has 2 atom stereocenters. The maximum Gasteiger partial charge on any atom is 0.232 e. The molecule has 1 aromatic heterocycles. The molecule has 184 valence electrons. The largest absolute Gasteiger partial charge is 0.393 e. The number of nitrogens with zero attached hydrogens (tertiary/aromatic N) is 3. The SMILES string of the molecule is CC.CC1(C)CCCC[C@H]1O.N#Cc1cnc(NCCC2C(=O)Nc3cc(F)ccc32)nc1N. The average Bonchev–Trinajstić information content (AvgIpc) is 3.12.